The summed E-state index contributed by atoms with van der Waals surface area (Å²) < 4.78 is 20.5. The number of hydroxylamine groups is 2. The zero-order chi connectivity index (χ0) is 12.0. The Morgan fingerprint density at radius 3 is 3.12 bits per heavy atom. The number of halogens is 2. The fourth-order valence-electron chi connectivity index (χ4n) is 2.76. The molecule has 1 aromatic carbocycles. The molecule has 0 N–H and O–H groups in total. The first kappa shape index (κ1) is 11.6. The van der Waals surface area contributed by atoms with Gasteiger partial charge in [-0.15, -0.1) is 0 Å². The topological polar surface area (TPSA) is 21.7 Å². The van der Waals surface area contributed by atoms with E-state index < -0.39 is 5.54 Å². The van der Waals surface area contributed by atoms with E-state index in [4.69, 9.17) is 9.57 Å². The monoisotopic (exact) mass is 301 g/mol. The molecule has 0 bridgehead atoms. The summed E-state index contributed by atoms with van der Waals surface area (Å²) in [6.45, 7) is 1.68. The maximum Gasteiger partial charge on any atom is 0.128 e. The number of hydrogen-bond donors (Lipinski definition) is 0. The third-order valence-electron chi connectivity index (χ3n) is 3.74. The predicted octanol–water partition coefficient (Wildman–Crippen LogP) is 2.31. The molecule has 0 aliphatic carbocycles. The summed E-state index contributed by atoms with van der Waals surface area (Å²) in [5.74, 6) is -0.0163. The van der Waals surface area contributed by atoms with Crippen molar-refractivity contribution in [3.8, 4) is 0 Å². The molecule has 5 heteroatoms. The smallest absolute Gasteiger partial charge is 0.128 e. The van der Waals surface area contributed by atoms with Gasteiger partial charge in [0.2, 0.25) is 0 Å². The molecule has 1 aromatic rings. The van der Waals surface area contributed by atoms with Crippen molar-refractivity contribution >= 4 is 15.9 Å². The molecule has 17 heavy (non-hydrogen) atoms. The van der Waals surface area contributed by atoms with Crippen LogP contribution < -0.4 is 0 Å². The highest BCUT2D eigenvalue weighted by Gasteiger charge is 2.55. The molecule has 92 valence electrons. The largest absolute Gasteiger partial charge is 0.379 e. The second-order valence-corrected chi connectivity index (χ2v) is 5.47. The zero-order valence-corrected chi connectivity index (χ0v) is 11.0. The van der Waals surface area contributed by atoms with Gasteiger partial charge < -0.3 is 4.74 Å². The van der Waals surface area contributed by atoms with Gasteiger partial charge >= 0.3 is 0 Å². The third-order valence-corrected chi connectivity index (χ3v) is 4.24. The van der Waals surface area contributed by atoms with Crippen molar-refractivity contribution in [3.05, 3.63) is 34.1 Å². The summed E-state index contributed by atoms with van der Waals surface area (Å²) >= 11 is 3.39. The van der Waals surface area contributed by atoms with Crippen molar-refractivity contribution in [2.45, 2.75) is 5.54 Å². The van der Waals surface area contributed by atoms with Crippen LogP contribution in [0.15, 0.2) is 22.7 Å². The molecule has 3 nitrogen and oxygen atoms in total. The highest BCUT2D eigenvalue weighted by molar-refractivity contribution is 9.10. The highest BCUT2D eigenvalue weighted by Crippen LogP contribution is 2.46. The predicted molar refractivity (Wildman–Crippen MR) is 63.8 cm³/mol. The second kappa shape index (κ2) is 4.02. The van der Waals surface area contributed by atoms with E-state index in [2.05, 4.69) is 15.9 Å². The Bertz CT molecular complexity index is 456. The third kappa shape index (κ3) is 1.57. The first-order chi connectivity index (χ1) is 8.14. The van der Waals surface area contributed by atoms with Crippen molar-refractivity contribution in [1.29, 1.82) is 0 Å². The maximum absolute atomic E-state index is 14.1. The molecule has 0 amide bonds. The minimum atomic E-state index is -0.478. The number of ether oxygens (including phenoxy) is 1. The molecule has 2 atom stereocenters. The van der Waals surface area contributed by atoms with Crippen LogP contribution >= 0.6 is 15.9 Å². The summed E-state index contributed by atoms with van der Waals surface area (Å²) in [5.41, 5.74) is 0.169. The molecule has 0 radical (unpaired) electrons. The van der Waals surface area contributed by atoms with Crippen LogP contribution in [0.2, 0.25) is 0 Å². The Morgan fingerprint density at radius 2 is 2.29 bits per heavy atom. The van der Waals surface area contributed by atoms with Crippen molar-refractivity contribution in [2.75, 3.05) is 26.9 Å². The quantitative estimate of drug-likeness (QED) is 0.794. The van der Waals surface area contributed by atoms with Gasteiger partial charge in [0.05, 0.1) is 19.8 Å². The average Bonchev–Trinajstić information content (AvgIpc) is 2.84. The van der Waals surface area contributed by atoms with Gasteiger partial charge in [0, 0.05) is 23.0 Å². The summed E-state index contributed by atoms with van der Waals surface area (Å²) in [7, 11) is 1.84. The van der Waals surface area contributed by atoms with Crippen molar-refractivity contribution in [2.24, 2.45) is 5.92 Å². The second-order valence-electron chi connectivity index (χ2n) is 4.55. The minimum Gasteiger partial charge on any atom is -0.379 e. The number of nitrogens with zero attached hydrogens (tertiary/aromatic N) is 1. The summed E-state index contributed by atoms with van der Waals surface area (Å²) in [4.78, 5) is 5.54. The van der Waals surface area contributed by atoms with Gasteiger partial charge in [-0.25, -0.2) is 4.39 Å². The molecule has 2 aliphatic rings. The van der Waals surface area contributed by atoms with Crippen molar-refractivity contribution < 1.29 is 14.0 Å². The summed E-state index contributed by atoms with van der Waals surface area (Å²) in [6.07, 6.45) is 0. The van der Waals surface area contributed by atoms with Gasteiger partial charge in [-0.2, -0.15) is 5.06 Å². The van der Waals surface area contributed by atoms with Gasteiger partial charge in [0.1, 0.15) is 11.4 Å². The van der Waals surface area contributed by atoms with Crippen molar-refractivity contribution in [3.63, 3.8) is 0 Å². The molecule has 3 rings (SSSR count). The van der Waals surface area contributed by atoms with E-state index in [0.29, 0.717) is 25.4 Å². The van der Waals surface area contributed by atoms with E-state index in [1.807, 2.05) is 13.1 Å². The van der Waals surface area contributed by atoms with Crippen LogP contribution in [0.4, 0.5) is 4.39 Å². The summed E-state index contributed by atoms with van der Waals surface area (Å²) in [6, 6.07) is 5.01. The van der Waals surface area contributed by atoms with Crippen LogP contribution in [-0.2, 0) is 15.1 Å². The molecular formula is C12H13BrFNO2. The van der Waals surface area contributed by atoms with Crippen molar-refractivity contribution in [1.82, 2.24) is 5.06 Å². The average molecular weight is 302 g/mol. The van der Waals surface area contributed by atoms with E-state index in [0.717, 1.165) is 4.47 Å². The molecule has 2 fully saturated rings. The molecule has 0 spiro atoms. The minimum absolute atomic E-state index is 0.191. The van der Waals surface area contributed by atoms with Gasteiger partial charge in [-0.1, -0.05) is 15.9 Å². The first-order valence-corrected chi connectivity index (χ1v) is 6.34. The molecule has 2 unspecified atom stereocenters. The first-order valence-electron chi connectivity index (χ1n) is 5.54. The maximum atomic E-state index is 14.1. The Hall–Kier alpha value is -0.490. The number of likely N-dealkylation sites (N-methyl/N-ethyl adjacent to an activating group) is 1. The highest BCUT2D eigenvalue weighted by atomic mass is 79.9. The van der Waals surface area contributed by atoms with Gasteiger partial charge in [0.25, 0.3) is 0 Å². The Morgan fingerprint density at radius 1 is 1.47 bits per heavy atom. The lowest BCUT2D eigenvalue weighted by Crippen LogP contribution is -2.43. The molecular weight excluding hydrogens is 289 g/mol. The molecule has 2 aliphatic heterocycles. The fraction of sp³-hybridized carbons (Fsp3) is 0.500. The SMILES string of the molecule is CN1OCC2COCC21c1cc(Br)ccc1F. The molecule has 0 aromatic heterocycles. The van der Waals surface area contributed by atoms with Gasteiger partial charge in [-0.05, 0) is 18.2 Å². The lowest BCUT2D eigenvalue weighted by Gasteiger charge is -2.33. The molecule has 2 heterocycles. The van der Waals surface area contributed by atoms with E-state index in [1.54, 1.807) is 11.1 Å². The standard InChI is InChI=1S/C12H13BrFNO2/c1-15-12(7-16-5-8(12)6-17-15)10-4-9(13)2-3-11(10)14/h2-4,8H,5-7H2,1H3. The zero-order valence-electron chi connectivity index (χ0n) is 9.45. The number of benzene rings is 1. The van der Waals surface area contributed by atoms with E-state index >= 15 is 0 Å². The molecule has 0 saturated carbocycles. The van der Waals surface area contributed by atoms with Crippen LogP contribution in [0, 0.1) is 11.7 Å². The summed E-state index contributed by atoms with van der Waals surface area (Å²) in [5, 5.41) is 1.75. The number of fused-ring (bicyclic) bond motifs is 1. The van der Waals surface area contributed by atoms with Gasteiger partial charge in [0.15, 0.2) is 0 Å². The Kier molecular flexibility index (Phi) is 2.74. The normalized spacial score (nSPS) is 33.0. The van der Waals surface area contributed by atoms with Crippen LogP contribution in [0.25, 0.3) is 0 Å². The Balaban J connectivity index is 2.15. The van der Waals surface area contributed by atoms with Crippen LogP contribution in [0.3, 0.4) is 0 Å². The van der Waals surface area contributed by atoms with E-state index in [-0.39, 0.29) is 11.7 Å². The lowest BCUT2D eigenvalue weighted by atomic mass is 9.81. The number of rotatable bonds is 1. The van der Waals surface area contributed by atoms with Gasteiger partial charge in [-0.3, -0.25) is 4.84 Å². The van der Waals surface area contributed by atoms with Crippen LogP contribution in [0.1, 0.15) is 5.56 Å². The van der Waals surface area contributed by atoms with Crippen LogP contribution in [-0.4, -0.2) is 31.9 Å². The van der Waals surface area contributed by atoms with Crippen LogP contribution in [0.5, 0.6) is 0 Å². The Labute approximate surface area is 108 Å². The lowest BCUT2D eigenvalue weighted by molar-refractivity contribution is -0.156. The molecule has 2 saturated heterocycles. The van der Waals surface area contributed by atoms with E-state index in [9.17, 15) is 4.39 Å². The number of hydrogen-bond acceptors (Lipinski definition) is 3. The van der Waals surface area contributed by atoms with E-state index in [1.165, 1.54) is 6.07 Å². The fourth-order valence-corrected chi connectivity index (χ4v) is 3.12.